The van der Waals surface area contributed by atoms with Crippen molar-refractivity contribution in [1.82, 2.24) is 0 Å². The van der Waals surface area contributed by atoms with Crippen LogP contribution in [0.3, 0.4) is 0 Å². The van der Waals surface area contributed by atoms with E-state index in [1.165, 1.54) is 43.2 Å². The number of benzene rings is 2. The normalized spacial score (nSPS) is 31.2. The Hall–Kier alpha value is -2.29. The van der Waals surface area contributed by atoms with E-state index in [1.807, 2.05) is 12.1 Å². The van der Waals surface area contributed by atoms with Crippen molar-refractivity contribution in [1.29, 1.82) is 0 Å². The van der Waals surface area contributed by atoms with Crippen LogP contribution in [0.25, 0.3) is 0 Å². The molecular formula is C32H42O3. The zero-order valence-electron chi connectivity index (χ0n) is 21.9. The third-order valence-electron chi connectivity index (χ3n) is 9.75. The second kappa shape index (κ2) is 9.30. The summed E-state index contributed by atoms with van der Waals surface area (Å²) >= 11 is 0. The van der Waals surface area contributed by atoms with Gasteiger partial charge in [0.2, 0.25) is 0 Å². The van der Waals surface area contributed by atoms with Crippen molar-refractivity contribution in [3.63, 3.8) is 0 Å². The number of hydrogen-bond acceptors (Lipinski definition) is 3. The summed E-state index contributed by atoms with van der Waals surface area (Å²) in [6.45, 7) is 8.64. The Labute approximate surface area is 211 Å². The van der Waals surface area contributed by atoms with Gasteiger partial charge in [0.15, 0.2) is 0 Å². The number of phenolic OH excluding ortho intramolecular Hbond substituents is 1. The molecule has 2 atom stereocenters. The summed E-state index contributed by atoms with van der Waals surface area (Å²) in [5.74, 6) is 3.63. The summed E-state index contributed by atoms with van der Waals surface area (Å²) in [6, 6.07) is 18.2. The first-order valence-corrected chi connectivity index (χ1v) is 13.7. The minimum atomic E-state index is -0.563. The van der Waals surface area contributed by atoms with Crippen molar-refractivity contribution in [2.24, 2.45) is 29.1 Å². The molecule has 4 bridgehead atoms. The van der Waals surface area contributed by atoms with Gasteiger partial charge in [-0.3, -0.25) is 4.79 Å². The summed E-state index contributed by atoms with van der Waals surface area (Å²) in [5.41, 5.74) is 1.64. The van der Waals surface area contributed by atoms with Crippen LogP contribution in [-0.4, -0.2) is 16.7 Å². The van der Waals surface area contributed by atoms with Gasteiger partial charge in [0.25, 0.3) is 0 Å². The highest BCUT2D eigenvalue weighted by Gasteiger charge is 2.57. The molecule has 0 radical (unpaired) electrons. The standard InChI is InChI=1S/C32H42O3/c1-21(24-10-12-29(33)13-11-24)14-26(25-8-6-5-7-9-25)20-31(2,3)30(34)35-32(4)27-16-22-15-23(18-27)19-28(32)17-22/h5-13,21-23,26-28,33H,14-20H2,1-4H3. The summed E-state index contributed by atoms with van der Waals surface area (Å²) < 4.78 is 6.55. The largest absolute Gasteiger partial charge is 0.508 e. The minimum Gasteiger partial charge on any atom is -0.508 e. The Kier molecular flexibility index (Phi) is 6.48. The van der Waals surface area contributed by atoms with Gasteiger partial charge >= 0.3 is 5.97 Å². The Morgan fingerprint density at radius 2 is 1.51 bits per heavy atom. The van der Waals surface area contributed by atoms with Crippen molar-refractivity contribution in [3.8, 4) is 5.75 Å². The number of phenols is 1. The molecular weight excluding hydrogens is 432 g/mol. The van der Waals surface area contributed by atoms with Crippen LogP contribution < -0.4 is 0 Å². The van der Waals surface area contributed by atoms with Crippen LogP contribution in [0.5, 0.6) is 5.75 Å². The second-order valence-electron chi connectivity index (χ2n) is 12.8. The van der Waals surface area contributed by atoms with Gasteiger partial charge in [-0.05, 0) is 124 Å². The van der Waals surface area contributed by atoms with Gasteiger partial charge in [0.1, 0.15) is 11.4 Å². The maximum Gasteiger partial charge on any atom is 0.312 e. The molecule has 4 aliphatic carbocycles. The van der Waals surface area contributed by atoms with E-state index < -0.39 is 5.41 Å². The van der Waals surface area contributed by atoms with Gasteiger partial charge in [0.05, 0.1) is 5.41 Å². The summed E-state index contributed by atoms with van der Waals surface area (Å²) in [4.78, 5) is 13.8. The number of ether oxygens (including phenoxy) is 1. The molecule has 0 heterocycles. The van der Waals surface area contributed by atoms with Crippen LogP contribution >= 0.6 is 0 Å². The number of carbonyl (C=O) groups is 1. The van der Waals surface area contributed by atoms with Crippen LogP contribution in [0.4, 0.5) is 0 Å². The molecule has 0 spiro atoms. The molecule has 0 amide bonds. The van der Waals surface area contributed by atoms with Crippen LogP contribution in [0.1, 0.15) is 95.6 Å². The van der Waals surface area contributed by atoms with Crippen molar-refractivity contribution in [2.75, 3.05) is 0 Å². The van der Waals surface area contributed by atoms with Crippen LogP contribution in [0.2, 0.25) is 0 Å². The van der Waals surface area contributed by atoms with E-state index in [-0.39, 0.29) is 17.5 Å². The van der Waals surface area contributed by atoms with E-state index in [1.54, 1.807) is 12.1 Å². The number of hydrogen-bond donors (Lipinski definition) is 1. The summed E-state index contributed by atoms with van der Waals surface area (Å²) in [6.07, 6.45) is 8.08. The fraction of sp³-hybridized carbons (Fsp3) is 0.594. The molecule has 0 saturated heterocycles. The Morgan fingerprint density at radius 3 is 2.09 bits per heavy atom. The molecule has 4 aliphatic rings. The highest BCUT2D eigenvalue weighted by molar-refractivity contribution is 5.76. The lowest BCUT2D eigenvalue weighted by molar-refractivity contribution is -0.211. The zero-order chi connectivity index (χ0) is 24.8. The fourth-order valence-electron chi connectivity index (χ4n) is 7.75. The first-order valence-electron chi connectivity index (χ1n) is 13.7. The molecule has 1 N–H and O–H groups in total. The second-order valence-corrected chi connectivity index (χ2v) is 12.8. The topological polar surface area (TPSA) is 46.5 Å². The van der Waals surface area contributed by atoms with Gasteiger partial charge in [-0.2, -0.15) is 0 Å². The number of esters is 1. The lowest BCUT2D eigenvalue weighted by atomic mass is 9.50. The number of aromatic hydroxyl groups is 1. The summed E-state index contributed by atoms with van der Waals surface area (Å²) in [7, 11) is 0. The van der Waals surface area contributed by atoms with E-state index in [4.69, 9.17) is 4.74 Å². The maximum atomic E-state index is 13.8. The van der Waals surface area contributed by atoms with E-state index in [0.29, 0.717) is 23.5 Å². The molecule has 2 aromatic rings. The van der Waals surface area contributed by atoms with E-state index in [0.717, 1.165) is 24.7 Å². The van der Waals surface area contributed by atoms with E-state index in [9.17, 15) is 9.90 Å². The third-order valence-corrected chi connectivity index (χ3v) is 9.75. The van der Waals surface area contributed by atoms with Gasteiger partial charge in [-0.1, -0.05) is 49.4 Å². The molecule has 2 aromatic carbocycles. The SMILES string of the molecule is CC(CC(CC(C)(C)C(=O)OC1(C)C2CC3CC(C2)CC1C3)c1ccccc1)c1ccc(O)cc1. The molecule has 0 aromatic heterocycles. The molecule has 0 aliphatic heterocycles. The van der Waals surface area contributed by atoms with Crippen molar-refractivity contribution >= 4 is 5.97 Å². The molecule has 2 unspecified atom stereocenters. The number of rotatable bonds is 8. The van der Waals surface area contributed by atoms with Crippen LogP contribution in [0.15, 0.2) is 54.6 Å². The molecule has 3 nitrogen and oxygen atoms in total. The number of carbonyl (C=O) groups excluding carboxylic acids is 1. The lowest BCUT2D eigenvalue weighted by Gasteiger charge is -2.59. The van der Waals surface area contributed by atoms with Gasteiger partial charge in [-0.15, -0.1) is 0 Å². The fourth-order valence-corrected chi connectivity index (χ4v) is 7.75. The molecule has 6 rings (SSSR count). The van der Waals surface area contributed by atoms with Gasteiger partial charge < -0.3 is 9.84 Å². The Morgan fingerprint density at radius 1 is 0.943 bits per heavy atom. The Balaban J connectivity index is 1.32. The predicted octanol–water partition coefficient (Wildman–Crippen LogP) is 7.84. The first kappa shape index (κ1) is 24.4. The molecule has 4 saturated carbocycles. The first-order chi connectivity index (χ1) is 16.6. The molecule has 4 fully saturated rings. The Bertz CT molecular complexity index is 995. The van der Waals surface area contributed by atoms with Crippen LogP contribution in [-0.2, 0) is 9.53 Å². The molecule has 3 heteroatoms. The van der Waals surface area contributed by atoms with E-state index >= 15 is 0 Å². The predicted molar refractivity (Wildman–Crippen MR) is 140 cm³/mol. The molecule has 35 heavy (non-hydrogen) atoms. The average molecular weight is 475 g/mol. The third kappa shape index (κ3) is 4.88. The van der Waals surface area contributed by atoms with Crippen LogP contribution in [0, 0.1) is 29.1 Å². The van der Waals surface area contributed by atoms with Gasteiger partial charge in [-0.25, -0.2) is 0 Å². The summed E-state index contributed by atoms with van der Waals surface area (Å²) in [5, 5.41) is 9.69. The van der Waals surface area contributed by atoms with Crippen molar-refractivity contribution < 1.29 is 14.6 Å². The van der Waals surface area contributed by atoms with Crippen molar-refractivity contribution in [3.05, 3.63) is 65.7 Å². The lowest BCUT2D eigenvalue weighted by Crippen LogP contribution is -2.58. The highest BCUT2D eigenvalue weighted by Crippen LogP contribution is 2.60. The molecule has 188 valence electrons. The quantitative estimate of drug-likeness (QED) is 0.396. The minimum absolute atomic E-state index is 0.0225. The average Bonchev–Trinajstić information content (AvgIpc) is 2.82. The highest BCUT2D eigenvalue weighted by atomic mass is 16.6. The monoisotopic (exact) mass is 474 g/mol. The maximum absolute atomic E-state index is 13.8. The van der Waals surface area contributed by atoms with E-state index in [2.05, 4.69) is 58.0 Å². The smallest absolute Gasteiger partial charge is 0.312 e. The zero-order valence-corrected chi connectivity index (χ0v) is 21.9. The van der Waals surface area contributed by atoms with Crippen molar-refractivity contribution in [2.45, 2.75) is 90.1 Å². The van der Waals surface area contributed by atoms with Gasteiger partial charge in [0, 0.05) is 0 Å².